The van der Waals surface area contributed by atoms with Crippen molar-refractivity contribution in [2.45, 2.75) is 52.6 Å². The molecule has 0 saturated carbocycles. The monoisotopic (exact) mass is 292 g/mol. The van der Waals surface area contributed by atoms with E-state index in [9.17, 15) is 9.59 Å². The largest absolute Gasteiger partial charge is 0.494 e. The summed E-state index contributed by atoms with van der Waals surface area (Å²) in [4.78, 5) is 23.5. The minimum atomic E-state index is -0.508. The summed E-state index contributed by atoms with van der Waals surface area (Å²) in [6.45, 7) is 7.94. The third-order valence-electron chi connectivity index (χ3n) is 2.64. The molecule has 1 aromatic rings. The van der Waals surface area contributed by atoms with Gasteiger partial charge in [-0.15, -0.1) is 0 Å². The lowest BCUT2D eigenvalue weighted by Crippen LogP contribution is -2.24. The average molecular weight is 292 g/mol. The van der Waals surface area contributed by atoms with Crippen molar-refractivity contribution in [2.24, 2.45) is 0 Å². The van der Waals surface area contributed by atoms with Crippen LogP contribution in [0.3, 0.4) is 0 Å². The van der Waals surface area contributed by atoms with Crippen molar-refractivity contribution >= 4 is 11.8 Å². The predicted molar refractivity (Wildman–Crippen MR) is 81.4 cm³/mol. The third kappa shape index (κ3) is 7.49. The van der Waals surface area contributed by atoms with Crippen molar-refractivity contribution in [2.75, 3.05) is 6.61 Å². The molecular formula is C17H24O4. The number of hydrogen-bond acceptors (Lipinski definition) is 4. The van der Waals surface area contributed by atoms with Gasteiger partial charge in [0.1, 0.15) is 17.1 Å². The van der Waals surface area contributed by atoms with Gasteiger partial charge in [0.05, 0.1) is 13.0 Å². The van der Waals surface area contributed by atoms with Crippen molar-refractivity contribution in [3.63, 3.8) is 0 Å². The van der Waals surface area contributed by atoms with Gasteiger partial charge in [-0.1, -0.05) is 12.1 Å². The molecule has 4 heteroatoms. The van der Waals surface area contributed by atoms with Crippen LogP contribution < -0.4 is 4.74 Å². The Bertz CT molecular complexity index is 486. The molecule has 4 nitrogen and oxygen atoms in total. The molecule has 0 fully saturated rings. The summed E-state index contributed by atoms with van der Waals surface area (Å²) in [5, 5.41) is 0. The first-order valence-corrected chi connectivity index (χ1v) is 7.25. The summed E-state index contributed by atoms with van der Waals surface area (Å²) in [6.07, 6.45) is 0.638. The van der Waals surface area contributed by atoms with E-state index in [1.165, 1.54) is 0 Å². The fourth-order valence-corrected chi connectivity index (χ4v) is 1.86. The smallest absolute Gasteiger partial charge is 0.306 e. The van der Waals surface area contributed by atoms with E-state index in [-0.39, 0.29) is 24.6 Å². The highest BCUT2D eigenvalue weighted by Crippen LogP contribution is 2.15. The van der Waals surface area contributed by atoms with Gasteiger partial charge in [0.15, 0.2) is 0 Å². The Morgan fingerprint density at radius 3 is 2.48 bits per heavy atom. The van der Waals surface area contributed by atoms with Crippen LogP contribution in [0.4, 0.5) is 0 Å². The summed E-state index contributed by atoms with van der Waals surface area (Å²) < 4.78 is 10.6. The van der Waals surface area contributed by atoms with Crippen LogP contribution in [0.25, 0.3) is 0 Å². The standard InChI is InChI=1S/C17H24O4/c1-5-20-15-8-6-7-13(12-15)11-14(18)9-10-16(19)21-17(2,3)4/h6-8,12H,5,9-11H2,1-4H3. The predicted octanol–water partition coefficient (Wildman–Crippen LogP) is 3.32. The van der Waals surface area contributed by atoms with E-state index < -0.39 is 5.60 Å². The highest BCUT2D eigenvalue weighted by Gasteiger charge is 2.17. The Labute approximate surface area is 126 Å². The fourth-order valence-electron chi connectivity index (χ4n) is 1.86. The number of carbonyl (C=O) groups is 2. The number of ether oxygens (including phenoxy) is 2. The summed E-state index contributed by atoms with van der Waals surface area (Å²) in [6, 6.07) is 7.46. The number of hydrogen-bond donors (Lipinski definition) is 0. The minimum Gasteiger partial charge on any atom is -0.494 e. The fraction of sp³-hybridized carbons (Fsp3) is 0.529. The van der Waals surface area contributed by atoms with E-state index in [1.54, 1.807) is 0 Å². The van der Waals surface area contributed by atoms with Crippen LogP contribution in [0.1, 0.15) is 46.1 Å². The molecule has 0 aromatic heterocycles. The Hall–Kier alpha value is -1.84. The molecule has 0 bridgehead atoms. The second-order valence-corrected chi connectivity index (χ2v) is 5.88. The van der Waals surface area contributed by atoms with Gasteiger partial charge in [-0.05, 0) is 45.4 Å². The minimum absolute atomic E-state index is 0.0227. The zero-order valence-electron chi connectivity index (χ0n) is 13.3. The maximum Gasteiger partial charge on any atom is 0.306 e. The molecule has 0 heterocycles. The summed E-state index contributed by atoms with van der Waals surface area (Å²) in [5.74, 6) is 0.448. The van der Waals surface area contributed by atoms with E-state index in [4.69, 9.17) is 9.47 Å². The number of ketones is 1. The SMILES string of the molecule is CCOc1cccc(CC(=O)CCC(=O)OC(C)(C)C)c1. The van der Waals surface area contributed by atoms with E-state index in [0.717, 1.165) is 11.3 Å². The van der Waals surface area contributed by atoms with Gasteiger partial charge in [0.2, 0.25) is 0 Å². The maximum absolute atomic E-state index is 11.9. The normalized spacial score (nSPS) is 11.0. The zero-order valence-corrected chi connectivity index (χ0v) is 13.3. The summed E-state index contributed by atoms with van der Waals surface area (Å²) >= 11 is 0. The molecule has 0 radical (unpaired) electrons. The quantitative estimate of drug-likeness (QED) is 0.723. The van der Waals surface area contributed by atoms with Gasteiger partial charge in [0.25, 0.3) is 0 Å². The molecule has 0 aliphatic rings. The van der Waals surface area contributed by atoms with Crippen molar-refractivity contribution in [1.82, 2.24) is 0 Å². The molecule has 21 heavy (non-hydrogen) atoms. The van der Waals surface area contributed by atoms with E-state index >= 15 is 0 Å². The van der Waals surface area contributed by atoms with Gasteiger partial charge in [-0.2, -0.15) is 0 Å². The second kappa shape index (κ2) is 7.81. The Morgan fingerprint density at radius 2 is 1.86 bits per heavy atom. The number of Topliss-reactive ketones (excluding diaryl/α,β-unsaturated/α-hetero) is 1. The van der Waals surface area contributed by atoms with Crippen molar-refractivity contribution in [1.29, 1.82) is 0 Å². The molecule has 0 amide bonds. The van der Waals surface area contributed by atoms with Gasteiger partial charge in [0, 0.05) is 12.8 Å². The topological polar surface area (TPSA) is 52.6 Å². The molecule has 0 aliphatic carbocycles. The highest BCUT2D eigenvalue weighted by atomic mass is 16.6. The van der Waals surface area contributed by atoms with Crippen LogP contribution in [-0.4, -0.2) is 24.0 Å². The van der Waals surface area contributed by atoms with Crippen LogP contribution in [0.5, 0.6) is 5.75 Å². The molecule has 0 spiro atoms. The molecule has 116 valence electrons. The first kappa shape index (κ1) is 17.2. The molecule has 0 N–H and O–H groups in total. The first-order chi connectivity index (χ1) is 9.80. The van der Waals surface area contributed by atoms with Crippen LogP contribution >= 0.6 is 0 Å². The van der Waals surface area contributed by atoms with E-state index in [0.29, 0.717) is 13.0 Å². The second-order valence-electron chi connectivity index (χ2n) is 5.88. The van der Waals surface area contributed by atoms with E-state index in [1.807, 2.05) is 52.0 Å². The van der Waals surface area contributed by atoms with Crippen LogP contribution in [0.2, 0.25) is 0 Å². The number of carbonyl (C=O) groups excluding carboxylic acids is 2. The summed E-state index contributed by atoms with van der Waals surface area (Å²) in [7, 11) is 0. The van der Waals surface area contributed by atoms with Crippen molar-refractivity contribution in [3.05, 3.63) is 29.8 Å². The highest BCUT2D eigenvalue weighted by molar-refractivity contribution is 5.84. The van der Waals surface area contributed by atoms with E-state index in [2.05, 4.69) is 0 Å². The average Bonchev–Trinajstić information content (AvgIpc) is 2.35. The number of benzene rings is 1. The molecule has 0 saturated heterocycles. The molecule has 1 rings (SSSR count). The first-order valence-electron chi connectivity index (χ1n) is 7.25. The summed E-state index contributed by atoms with van der Waals surface area (Å²) in [5.41, 5.74) is 0.390. The van der Waals surface area contributed by atoms with Gasteiger partial charge in [-0.25, -0.2) is 0 Å². The molecule has 0 unspecified atom stereocenters. The van der Waals surface area contributed by atoms with Crippen LogP contribution in [0, 0.1) is 0 Å². The Balaban J connectivity index is 2.43. The lowest BCUT2D eigenvalue weighted by molar-refractivity contribution is -0.155. The number of esters is 1. The van der Waals surface area contributed by atoms with Crippen molar-refractivity contribution in [3.8, 4) is 5.75 Å². The third-order valence-corrected chi connectivity index (χ3v) is 2.64. The Morgan fingerprint density at radius 1 is 1.14 bits per heavy atom. The van der Waals surface area contributed by atoms with Gasteiger partial charge in [-0.3, -0.25) is 9.59 Å². The van der Waals surface area contributed by atoms with Crippen molar-refractivity contribution < 1.29 is 19.1 Å². The lowest BCUT2D eigenvalue weighted by atomic mass is 10.1. The maximum atomic E-state index is 11.9. The molecular weight excluding hydrogens is 268 g/mol. The lowest BCUT2D eigenvalue weighted by Gasteiger charge is -2.19. The van der Waals surface area contributed by atoms with Crippen LogP contribution in [0.15, 0.2) is 24.3 Å². The Kier molecular flexibility index (Phi) is 6.40. The van der Waals surface area contributed by atoms with Gasteiger partial charge < -0.3 is 9.47 Å². The molecule has 0 atom stereocenters. The molecule has 1 aromatic carbocycles. The van der Waals surface area contributed by atoms with Crippen LogP contribution in [-0.2, 0) is 20.7 Å². The number of rotatable bonds is 7. The molecule has 0 aliphatic heterocycles. The zero-order chi connectivity index (χ0) is 15.9. The van der Waals surface area contributed by atoms with Gasteiger partial charge >= 0.3 is 5.97 Å².